The fraction of sp³-hybridized carbons (Fsp3) is 0.485. The van der Waals surface area contributed by atoms with Crippen molar-refractivity contribution in [2.45, 2.75) is 155 Å². The number of aliphatic carboxylic acids is 1. The summed E-state index contributed by atoms with van der Waals surface area (Å²) < 4.78 is 41.4. The molecule has 0 unspecified atom stereocenters. The van der Waals surface area contributed by atoms with Gasteiger partial charge in [-0.2, -0.15) is 0 Å². The lowest BCUT2D eigenvalue weighted by atomic mass is 9.92. The monoisotopic (exact) mass is 1230 g/mol. The van der Waals surface area contributed by atoms with Gasteiger partial charge in [-0.25, -0.2) is 8.78 Å². The van der Waals surface area contributed by atoms with E-state index in [0.717, 1.165) is 51.1 Å². The van der Waals surface area contributed by atoms with Crippen LogP contribution >= 0.6 is 23.5 Å². The molecule has 10 rings (SSSR count). The van der Waals surface area contributed by atoms with Crippen LogP contribution in [0, 0.1) is 11.6 Å². The molecule has 6 heterocycles. The number of fused-ring (bicyclic) bond motifs is 4. The average Bonchev–Trinajstić information content (AvgIpc) is 1.78. The molecule has 19 heteroatoms. The fourth-order valence-corrected chi connectivity index (χ4v) is 25.9. The summed E-state index contributed by atoms with van der Waals surface area (Å²) in [5, 5.41) is 14.6. The lowest BCUT2D eigenvalue weighted by Crippen LogP contribution is -2.51. The molecule has 0 saturated carbocycles. The van der Waals surface area contributed by atoms with Crippen molar-refractivity contribution in [2.75, 3.05) is 50.4 Å². The van der Waals surface area contributed by atoms with E-state index in [1.54, 1.807) is 59.1 Å². The predicted octanol–water partition coefficient (Wildman–Crippen LogP) is 14.2. The van der Waals surface area contributed by atoms with Gasteiger partial charge in [0.05, 0.1) is 29.8 Å². The summed E-state index contributed by atoms with van der Waals surface area (Å²) in [5.74, 6) is 3.47. The van der Waals surface area contributed by atoms with Gasteiger partial charge in [0.25, 0.3) is 28.4 Å². The third-order valence-electron chi connectivity index (χ3n) is 17.7. The number of carboxylic acids is 1. The first kappa shape index (κ1) is 65.1. The zero-order valence-electron chi connectivity index (χ0n) is 52.1. The zero-order chi connectivity index (χ0) is 61.8. The Kier molecular flexibility index (Phi) is 21.0. The van der Waals surface area contributed by atoms with Gasteiger partial charge in [-0.1, -0.05) is 107 Å². The van der Waals surface area contributed by atoms with Crippen molar-refractivity contribution in [3.63, 3.8) is 0 Å². The molecule has 0 aliphatic carbocycles. The van der Waals surface area contributed by atoms with E-state index in [1.807, 2.05) is 36.0 Å². The van der Waals surface area contributed by atoms with E-state index >= 15 is 0 Å². The van der Waals surface area contributed by atoms with Crippen LogP contribution in [0.3, 0.4) is 0 Å². The standard InChI is InChI=1S/C33H42FN3O3SSi.C30H37FN2O4Si.C3H7NS/c1-20(2)42(21(3)4,22(5)6)40-32-30-28(18-36(7)33(30)39)26(16-29(38)37-12-13-41-19-37)27-15-24(17-35-31(27)32)14-23-8-10-25(34)11-9-23;1-17(2)38(18(3)4,19(5)6)37-29-27-25(16-33(7)30(27)36)23(14-26(34)35)24-13-21(15-32-28(24)29)12-20-8-10-22(31)11-9-20;1-2-5-3-4-1/h8-11,15,17,20-22H,12-14,16,18-19H2,1-7H3;8-11,13,15,17-19H,12,14,16H2,1-7H3,(H,34,35);4H,1-3H2. The van der Waals surface area contributed by atoms with E-state index in [2.05, 4.69) is 94.5 Å². The van der Waals surface area contributed by atoms with Crippen molar-refractivity contribution in [1.29, 1.82) is 0 Å². The summed E-state index contributed by atoms with van der Waals surface area (Å²) in [5.41, 5.74) is 10.8. The summed E-state index contributed by atoms with van der Waals surface area (Å²) in [6, 6.07) is 16.9. The number of nitrogens with zero attached hydrogens (tertiary/aromatic N) is 5. The van der Waals surface area contributed by atoms with Crippen molar-refractivity contribution in [3.8, 4) is 11.5 Å². The van der Waals surface area contributed by atoms with Crippen molar-refractivity contribution >= 4 is 85.7 Å². The summed E-state index contributed by atoms with van der Waals surface area (Å²) in [6.45, 7) is 29.3. The molecule has 4 aliphatic rings. The van der Waals surface area contributed by atoms with E-state index in [-0.39, 0.29) is 58.8 Å². The van der Waals surface area contributed by atoms with E-state index < -0.39 is 22.6 Å². The molecule has 2 fully saturated rings. The molecule has 2 aromatic heterocycles. The van der Waals surface area contributed by atoms with Gasteiger partial charge < -0.3 is 34.0 Å². The van der Waals surface area contributed by atoms with Gasteiger partial charge in [0.15, 0.2) is 0 Å². The molecule has 0 bridgehead atoms. The Balaban J connectivity index is 0.000000205. The number of rotatable bonds is 18. The van der Waals surface area contributed by atoms with Crippen LogP contribution in [0.2, 0.25) is 33.2 Å². The number of halogens is 2. The molecule has 2 saturated heterocycles. The molecule has 456 valence electrons. The molecule has 3 amide bonds. The smallest absolute Gasteiger partial charge is 0.307 e. The van der Waals surface area contributed by atoms with E-state index in [4.69, 9.17) is 18.8 Å². The minimum absolute atomic E-state index is 0.0679. The molecule has 6 aromatic rings. The van der Waals surface area contributed by atoms with Crippen LogP contribution in [0.5, 0.6) is 11.5 Å². The highest BCUT2D eigenvalue weighted by Crippen LogP contribution is 2.50. The number of carboxylic acid groups (broad SMARTS) is 1. The van der Waals surface area contributed by atoms with Gasteiger partial charge in [-0.15, -0.1) is 23.5 Å². The topological polar surface area (TPSA) is 155 Å². The summed E-state index contributed by atoms with van der Waals surface area (Å²) in [7, 11) is -1.39. The molecule has 85 heavy (non-hydrogen) atoms. The van der Waals surface area contributed by atoms with Crippen LogP contribution in [0.25, 0.3) is 21.8 Å². The number of hydrogen-bond donors (Lipinski definition) is 2. The second-order valence-corrected chi connectivity index (χ2v) is 38.0. The van der Waals surface area contributed by atoms with Crippen LogP contribution < -0.4 is 14.2 Å². The normalized spacial score (nSPS) is 15.2. The Hall–Kier alpha value is -5.87. The second-order valence-electron chi connectivity index (χ2n) is 25.1. The number of nitrogens with one attached hydrogen (secondary N) is 1. The van der Waals surface area contributed by atoms with Crippen LogP contribution in [0.1, 0.15) is 148 Å². The van der Waals surface area contributed by atoms with Gasteiger partial charge in [0.2, 0.25) is 5.91 Å². The summed E-state index contributed by atoms with van der Waals surface area (Å²) in [4.78, 5) is 67.8. The van der Waals surface area contributed by atoms with E-state index in [9.17, 15) is 33.1 Å². The van der Waals surface area contributed by atoms with Gasteiger partial charge in [0, 0.05) is 80.8 Å². The molecule has 0 atom stereocenters. The maximum Gasteiger partial charge on any atom is 0.307 e. The molecule has 0 spiro atoms. The van der Waals surface area contributed by atoms with Crippen LogP contribution in [0.4, 0.5) is 8.78 Å². The molecular formula is C66H86F2N6O7S2Si2. The van der Waals surface area contributed by atoms with Crippen LogP contribution in [-0.4, -0.2) is 121 Å². The lowest BCUT2D eigenvalue weighted by molar-refractivity contribution is -0.136. The molecule has 0 radical (unpaired) electrons. The first-order valence-corrected chi connectivity index (χ1v) is 36.6. The summed E-state index contributed by atoms with van der Waals surface area (Å²) >= 11 is 3.72. The molecular weight excluding hydrogens is 1150 g/mol. The number of aromatic nitrogens is 2. The number of hydrogen-bond acceptors (Lipinski definition) is 11. The summed E-state index contributed by atoms with van der Waals surface area (Å²) in [6.07, 6.45) is 4.67. The number of thioether (sulfide) groups is 2. The maximum absolute atomic E-state index is 13.8. The third-order valence-corrected chi connectivity index (χ3v) is 31.5. The van der Waals surface area contributed by atoms with Crippen LogP contribution in [0.15, 0.2) is 73.1 Å². The average molecular weight is 1230 g/mol. The molecule has 4 aliphatic heterocycles. The highest BCUT2D eigenvalue weighted by molar-refractivity contribution is 7.99. The largest absolute Gasteiger partial charge is 0.541 e. The lowest BCUT2D eigenvalue weighted by Gasteiger charge is -2.42. The Morgan fingerprint density at radius 1 is 0.612 bits per heavy atom. The Labute approximate surface area is 512 Å². The van der Waals surface area contributed by atoms with Crippen molar-refractivity contribution < 1.29 is 41.9 Å². The van der Waals surface area contributed by atoms with E-state index in [0.29, 0.717) is 98.6 Å². The van der Waals surface area contributed by atoms with Crippen LogP contribution in [-0.2, 0) is 48.4 Å². The molecule has 2 N–H and O–H groups in total. The number of carbonyl (C=O) groups is 4. The number of pyridine rings is 2. The molecule has 4 aromatic carbocycles. The van der Waals surface area contributed by atoms with E-state index in [1.165, 1.54) is 42.4 Å². The first-order valence-electron chi connectivity index (χ1n) is 30.0. The van der Waals surface area contributed by atoms with Gasteiger partial charge >= 0.3 is 5.97 Å². The van der Waals surface area contributed by atoms with Gasteiger partial charge in [-0.3, -0.25) is 29.1 Å². The minimum atomic E-state index is -2.47. The third kappa shape index (κ3) is 13.7. The van der Waals surface area contributed by atoms with Crippen molar-refractivity contribution in [3.05, 3.63) is 140 Å². The second kappa shape index (κ2) is 27.5. The number of amides is 3. The first-order chi connectivity index (χ1) is 40.3. The molecule has 13 nitrogen and oxygen atoms in total. The zero-order valence-corrected chi connectivity index (χ0v) is 55.7. The quantitative estimate of drug-likeness (QED) is 0.0787. The maximum atomic E-state index is 13.8. The predicted molar refractivity (Wildman–Crippen MR) is 346 cm³/mol. The number of carbonyl (C=O) groups excluding carboxylic acids is 3. The Bertz CT molecular complexity index is 3380. The fourth-order valence-electron chi connectivity index (χ4n) is 13.7. The Morgan fingerprint density at radius 2 is 1.02 bits per heavy atom. The van der Waals surface area contributed by atoms with Gasteiger partial charge in [0.1, 0.15) is 34.2 Å². The van der Waals surface area contributed by atoms with Crippen molar-refractivity contribution in [1.82, 2.24) is 30.0 Å². The SMILES string of the molecule is C1CSCN1.CC(C)[Si](Oc1c2c(c(CC(=O)N3CCSC3)c3cc(Cc4ccc(F)cc4)cnc13)CN(C)C2=O)(C(C)C)C(C)C.CC(C)[Si](Oc1c2c(c(CC(=O)O)c3cc(Cc4ccc(F)cc4)cnc13)CN(C)C2=O)(C(C)C)C(C)C. The highest BCUT2D eigenvalue weighted by Gasteiger charge is 2.50. The number of benzene rings is 4. The minimum Gasteiger partial charge on any atom is -0.541 e. The van der Waals surface area contributed by atoms with Gasteiger partial charge in [-0.05, 0) is 127 Å². The highest BCUT2D eigenvalue weighted by atomic mass is 32.2. The Morgan fingerprint density at radius 3 is 1.35 bits per heavy atom. The van der Waals surface area contributed by atoms with Crippen molar-refractivity contribution in [2.24, 2.45) is 0 Å².